The van der Waals surface area contributed by atoms with E-state index in [4.69, 9.17) is 4.74 Å². The molecule has 72 valence electrons. The highest BCUT2D eigenvalue weighted by Crippen LogP contribution is 2.18. The summed E-state index contributed by atoms with van der Waals surface area (Å²) in [5.74, 6) is 0. The van der Waals surface area contributed by atoms with Gasteiger partial charge in [0.2, 0.25) is 0 Å². The third-order valence-electron chi connectivity index (χ3n) is 2.44. The topological polar surface area (TPSA) is 29.5 Å². The van der Waals surface area contributed by atoms with E-state index in [1.165, 1.54) is 25.7 Å². The Balaban J connectivity index is 1.93. The number of hydrogen-bond acceptors (Lipinski definition) is 2. The fraction of sp³-hybridized carbons (Fsp3) is 1.00. The average Bonchev–Trinajstić information content (AvgIpc) is 2.45. The highest BCUT2D eigenvalue weighted by atomic mass is 16.5. The SMILES string of the molecule is CCCCCC[C@H]1C[C@H](O)CO1. The van der Waals surface area contributed by atoms with Crippen molar-refractivity contribution in [1.29, 1.82) is 0 Å². The predicted octanol–water partition coefficient (Wildman–Crippen LogP) is 2.11. The lowest BCUT2D eigenvalue weighted by Crippen LogP contribution is -2.06. The van der Waals surface area contributed by atoms with Crippen LogP contribution in [0.5, 0.6) is 0 Å². The molecule has 2 nitrogen and oxygen atoms in total. The summed E-state index contributed by atoms with van der Waals surface area (Å²) in [7, 11) is 0. The third-order valence-corrected chi connectivity index (χ3v) is 2.44. The van der Waals surface area contributed by atoms with Crippen molar-refractivity contribution in [2.24, 2.45) is 0 Å². The number of hydrogen-bond donors (Lipinski definition) is 1. The fourth-order valence-corrected chi connectivity index (χ4v) is 1.69. The molecular formula is C10H20O2. The molecule has 0 unspecified atom stereocenters. The summed E-state index contributed by atoms with van der Waals surface area (Å²) in [6.07, 6.45) is 7.32. The Labute approximate surface area is 74.9 Å². The van der Waals surface area contributed by atoms with Crippen LogP contribution in [0.1, 0.15) is 45.4 Å². The fourth-order valence-electron chi connectivity index (χ4n) is 1.69. The maximum absolute atomic E-state index is 9.18. The van der Waals surface area contributed by atoms with E-state index in [2.05, 4.69) is 6.92 Å². The van der Waals surface area contributed by atoms with Crippen molar-refractivity contribution >= 4 is 0 Å². The molecule has 12 heavy (non-hydrogen) atoms. The molecule has 2 atom stereocenters. The van der Waals surface area contributed by atoms with E-state index in [-0.39, 0.29) is 6.10 Å². The van der Waals surface area contributed by atoms with Crippen molar-refractivity contribution in [2.45, 2.75) is 57.7 Å². The Morgan fingerprint density at radius 1 is 1.33 bits per heavy atom. The lowest BCUT2D eigenvalue weighted by Gasteiger charge is -2.07. The van der Waals surface area contributed by atoms with Crippen molar-refractivity contribution in [2.75, 3.05) is 6.61 Å². The zero-order valence-electron chi connectivity index (χ0n) is 7.96. The van der Waals surface area contributed by atoms with Crippen LogP contribution in [0.25, 0.3) is 0 Å². The molecule has 0 radical (unpaired) electrons. The van der Waals surface area contributed by atoms with Crippen LogP contribution < -0.4 is 0 Å². The lowest BCUT2D eigenvalue weighted by atomic mass is 10.1. The molecule has 1 N–H and O–H groups in total. The minimum absolute atomic E-state index is 0.193. The second kappa shape index (κ2) is 5.55. The van der Waals surface area contributed by atoms with Gasteiger partial charge in [-0.05, 0) is 6.42 Å². The van der Waals surface area contributed by atoms with Crippen LogP contribution in [0.2, 0.25) is 0 Å². The summed E-state index contributed by atoms with van der Waals surface area (Å²) in [4.78, 5) is 0. The van der Waals surface area contributed by atoms with Crippen LogP contribution in [0.4, 0.5) is 0 Å². The smallest absolute Gasteiger partial charge is 0.0798 e. The van der Waals surface area contributed by atoms with Crippen molar-refractivity contribution in [3.8, 4) is 0 Å². The van der Waals surface area contributed by atoms with Gasteiger partial charge in [-0.1, -0.05) is 32.6 Å². The van der Waals surface area contributed by atoms with Gasteiger partial charge in [-0.2, -0.15) is 0 Å². The summed E-state index contributed by atoms with van der Waals surface area (Å²) in [5, 5.41) is 9.18. The molecule has 1 aliphatic rings. The van der Waals surface area contributed by atoms with Crippen molar-refractivity contribution < 1.29 is 9.84 Å². The molecule has 0 aromatic heterocycles. The zero-order valence-corrected chi connectivity index (χ0v) is 7.96. The zero-order chi connectivity index (χ0) is 8.81. The van der Waals surface area contributed by atoms with Crippen LogP contribution >= 0.6 is 0 Å². The van der Waals surface area contributed by atoms with E-state index in [0.29, 0.717) is 12.7 Å². The average molecular weight is 172 g/mol. The van der Waals surface area contributed by atoms with Gasteiger partial charge in [-0.3, -0.25) is 0 Å². The van der Waals surface area contributed by atoms with Crippen LogP contribution in [-0.4, -0.2) is 23.9 Å². The summed E-state index contributed by atoms with van der Waals surface area (Å²) < 4.78 is 5.40. The van der Waals surface area contributed by atoms with Crippen LogP contribution in [0.3, 0.4) is 0 Å². The summed E-state index contributed by atoms with van der Waals surface area (Å²) >= 11 is 0. The van der Waals surface area contributed by atoms with Crippen molar-refractivity contribution in [3.05, 3.63) is 0 Å². The Hall–Kier alpha value is -0.0800. The molecule has 0 aromatic rings. The lowest BCUT2D eigenvalue weighted by molar-refractivity contribution is 0.0829. The minimum atomic E-state index is -0.193. The van der Waals surface area contributed by atoms with E-state index in [9.17, 15) is 5.11 Å². The monoisotopic (exact) mass is 172 g/mol. The third kappa shape index (κ3) is 3.55. The standard InChI is InChI=1S/C10H20O2/c1-2-3-4-5-6-10-7-9(11)8-12-10/h9-11H,2-8H2,1H3/t9-,10-/m0/s1. The maximum Gasteiger partial charge on any atom is 0.0798 e. The second-order valence-electron chi connectivity index (χ2n) is 3.69. The molecule has 0 amide bonds. The first kappa shape index (κ1) is 10.0. The van der Waals surface area contributed by atoms with E-state index in [1.807, 2.05) is 0 Å². The molecule has 0 aromatic carbocycles. The van der Waals surface area contributed by atoms with Gasteiger partial charge in [0.05, 0.1) is 18.8 Å². The normalized spacial score (nSPS) is 29.5. The Kier molecular flexibility index (Phi) is 4.62. The van der Waals surface area contributed by atoms with Crippen LogP contribution in [-0.2, 0) is 4.74 Å². The molecule has 0 saturated carbocycles. The first-order chi connectivity index (χ1) is 5.83. The quantitative estimate of drug-likeness (QED) is 0.643. The second-order valence-corrected chi connectivity index (χ2v) is 3.69. The largest absolute Gasteiger partial charge is 0.391 e. The predicted molar refractivity (Wildman–Crippen MR) is 49.1 cm³/mol. The van der Waals surface area contributed by atoms with Crippen LogP contribution in [0, 0.1) is 0 Å². The van der Waals surface area contributed by atoms with Gasteiger partial charge in [0.1, 0.15) is 0 Å². The first-order valence-electron chi connectivity index (χ1n) is 5.12. The molecular weight excluding hydrogens is 152 g/mol. The molecule has 2 heteroatoms. The van der Waals surface area contributed by atoms with Crippen molar-refractivity contribution in [3.63, 3.8) is 0 Å². The summed E-state index contributed by atoms with van der Waals surface area (Å²) in [6, 6.07) is 0. The van der Waals surface area contributed by atoms with Gasteiger partial charge in [-0.15, -0.1) is 0 Å². The molecule has 0 bridgehead atoms. The van der Waals surface area contributed by atoms with E-state index in [1.54, 1.807) is 0 Å². The van der Waals surface area contributed by atoms with E-state index < -0.39 is 0 Å². The highest BCUT2D eigenvalue weighted by molar-refractivity contribution is 4.71. The Morgan fingerprint density at radius 2 is 2.17 bits per heavy atom. The van der Waals surface area contributed by atoms with E-state index >= 15 is 0 Å². The van der Waals surface area contributed by atoms with Crippen molar-refractivity contribution in [1.82, 2.24) is 0 Å². The van der Waals surface area contributed by atoms with Gasteiger partial charge >= 0.3 is 0 Å². The maximum atomic E-state index is 9.18. The molecule has 1 heterocycles. The molecule has 1 rings (SSSR count). The Morgan fingerprint density at radius 3 is 2.75 bits per heavy atom. The van der Waals surface area contributed by atoms with Gasteiger partial charge < -0.3 is 9.84 Å². The molecule has 0 aliphatic carbocycles. The van der Waals surface area contributed by atoms with Gasteiger partial charge in [-0.25, -0.2) is 0 Å². The minimum Gasteiger partial charge on any atom is -0.391 e. The summed E-state index contributed by atoms with van der Waals surface area (Å²) in [5.41, 5.74) is 0. The molecule has 1 aliphatic heterocycles. The van der Waals surface area contributed by atoms with Gasteiger partial charge in [0.25, 0.3) is 0 Å². The number of ether oxygens (including phenoxy) is 1. The summed E-state index contributed by atoms with van der Waals surface area (Å²) in [6.45, 7) is 2.77. The molecule has 1 fully saturated rings. The van der Waals surface area contributed by atoms with E-state index in [0.717, 1.165) is 12.8 Å². The Bertz CT molecular complexity index is 114. The first-order valence-corrected chi connectivity index (χ1v) is 5.12. The number of aliphatic hydroxyl groups is 1. The molecule has 1 saturated heterocycles. The number of unbranched alkanes of at least 4 members (excludes halogenated alkanes) is 3. The van der Waals surface area contributed by atoms with Gasteiger partial charge in [0.15, 0.2) is 0 Å². The highest BCUT2D eigenvalue weighted by Gasteiger charge is 2.22. The van der Waals surface area contributed by atoms with Gasteiger partial charge in [0, 0.05) is 6.42 Å². The molecule has 0 spiro atoms. The number of rotatable bonds is 5. The number of aliphatic hydroxyl groups excluding tert-OH is 1. The van der Waals surface area contributed by atoms with Crippen LogP contribution in [0.15, 0.2) is 0 Å².